The first-order valence-corrected chi connectivity index (χ1v) is 6.60. The number of Topliss-reactive ketones (excluding diaryl/α,β-unsaturated/α-hetero) is 1. The van der Waals surface area contributed by atoms with E-state index in [0.717, 1.165) is 5.56 Å². The lowest BCUT2D eigenvalue weighted by Gasteiger charge is -2.06. The van der Waals surface area contributed by atoms with Crippen molar-refractivity contribution in [3.05, 3.63) is 64.7 Å². The molecule has 0 aliphatic carbocycles. The molecule has 104 valence electrons. The van der Waals surface area contributed by atoms with Crippen molar-refractivity contribution < 1.29 is 4.79 Å². The molecule has 0 radical (unpaired) electrons. The van der Waals surface area contributed by atoms with Gasteiger partial charge in [-0.2, -0.15) is 10.4 Å². The SMILES string of the molecule is Cc1c(Cl)cccc1N/N=C(/C#N)C(=O)c1ccccc1. The summed E-state index contributed by atoms with van der Waals surface area (Å²) in [4.78, 5) is 12.1. The van der Waals surface area contributed by atoms with Crippen LogP contribution in [0.1, 0.15) is 15.9 Å². The number of anilines is 1. The summed E-state index contributed by atoms with van der Waals surface area (Å²) < 4.78 is 0. The average molecular weight is 298 g/mol. The van der Waals surface area contributed by atoms with Crippen LogP contribution in [-0.2, 0) is 0 Å². The van der Waals surface area contributed by atoms with Gasteiger partial charge in [0.05, 0.1) is 5.69 Å². The number of hydrogen-bond donors (Lipinski definition) is 1. The molecule has 0 spiro atoms. The monoisotopic (exact) mass is 297 g/mol. The highest BCUT2D eigenvalue weighted by atomic mass is 35.5. The lowest BCUT2D eigenvalue weighted by Crippen LogP contribution is -2.14. The van der Waals surface area contributed by atoms with Crippen molar-refractivity contribution in [2.75, 3.05) is 5.43 Å². The highest BCUT2D eigenvalue weighted by Gasteiger charge is 2.13. The molecule has 0 bridgehead atoms. The van der Waals surface area contributed by atoms with Gasteiger partial charge in [-0.05, 0) is 24.6 Å². The van der Waals surface area contributed by atoms with Crippen LogP contribution >= 0.6 is 11.6 Å². The van der Waals surface area contributed by atoms with Gasteiger partial charge in [0.1, 0.15) is 6.07 Å². The molecule has 0 aliphatic rings. The molecule has 0 saturated carbocycles. The van der Waals surface area contributed by atoms with E-state index in [0.29, 0.717) is 16.3 Å². The van der Waals surface area contributed by atoms with E-state index in [-0.39, 0.29) is 5.71 Å². The number of nitrogens with one attached hydrogen (secondary N) is 1. The summed E-state index contributed by atoms with van der Waals surface area (Å²) in [6.07, 6.45) is 0. The van der Waals surface area contributed by atoms with Crippen LogP contribution in [0.15, 0.2) is 53.6 Å². The Morgan fingerprint density at radius 3 is 2.57 bits per heavy atom. The number of carbonyl (C=O) groups is 1. The van der Waals surface area contributed by atoms with Crippen LogP contribution in [0.25, 0.3) is 0 Å². The van der Waals surface area contributed by atoms with Gasteiger partial charge in [-0.25, -0.2) is 0 Å². The first-order valence-electron chi connectivity index (χ1n) is 6.22. The molecule has 0 saturated heterocycles. The van der Waals surface area contributed by atoms with Gasteiger partial charge in [0.25, 0.3) is 0 Å². The lowest BCUT2D eigenvalue weighted by molar-refractivity contribution is 0.106. The molecule has 2 rings (SSSR count). The van der Waals surface area contributed by atoms with Crippen molar-refractivity contribution in [3.63, 3.8) is 0 Å². The standard InChI is InChI=1S/C16H12ClN3O/c1-11-13(17)8-5-9-14(11)19-20-15(10-18)16(21)12-6-3-2-4-7-12/h2-9,19H,1H3/b20-15-. The summed E-state index contributed by atoms with van der Waals surface area (Å²) in [6.45, 7) is 1.82. The molecule has 0 aliphatic heterocycles. The van der Waals surface area contributed by atoms with E-state index in [9.17, 15) is 4.79 Å². The van der Waals surface area contributed by atoms with Crippen molar-refractivity contribution in [1.29, 1.82) is 5.26 Å². The minimum absolute atomic E-state index is 0.208. The van der Waals surface area contributed by atoms with Crippen LogP contribution in [0.2, 0.25) is 5.02 Å². The Labute approximate surface area is 127 Å². The third-order valence-corrected chi connectivity index (χ3v) is 3.32. The van der Waals surface area contributed by atoms with E-state index in [1.54, 1.807) is 48.5 Å². The number of benzene rings is 2. The van der Waals surface area contributed by atoms with Gasteiger partial charge in [-0.15, -0.1) is 0 Å². The van der Waals surface area contributed by atoms with Crippen LogP contribution in [-0.4, -0.2) is 11.5 Å². The molecule has 4 nitrogen and oxygen atoms in total. The van der Waals surface area contributed by atoms with Gasteiger partial charge in [0, 0.05) is 10.6 Å². The second-order valence-electron chi connectivity index (χ2n) is 4.29. The Bertz CT molecular complexity index is 733. The van der Waals surface area contributed by atoms with Crippen LogP contribution in [0.3, 0.4) is 0 Å². The summed E-state index contributed by atoms with van der Waals surface area (Å²) >= 11 is 6.00. The molecule has 2 aromatic carbocycles. The third-order valence-electron chi connectivity index (χ3n) is 2.91. The number of nitriles is 1. The summed E-state index contributed by atoms with van der Waals surface area (Å²) in [6, 6.07) is 15.6. The third kappa shape index (κ3) is 3.47. The molecular weight excluding hydrogens is 286 g/mol. The highest BCUT2D eigenvalue weighted by Crippen LogP contribution is 2.22. The maximum Gasteiger partial charge on any atom is 0.223 e. The number of hydrogen-bond acceptors (Lipinski definition) is 4. The van der Waals surface area contributed by atoms with E-state index >= 15 is 0 Å². The van der Waals surface area contributed by atoms with E-state index in [2.05, 4.69) is 10.5 Å². The number of nitrogens with zero attached hydrogens (tertiary/aromatic N) is 2. The van der Waals surface area contributed by atoms with Crippen molar-refractivity contribution >= 4 is 28.8 Å². The fourth-order valence-corrected chi connectivity index (χ4v) is 1.87. The Hall–Kier alpha value is -2.64. The molecule has 0 aromatic heterocycles. The quantitative estimate of drug-likeness (QED) is 0.530. The molecule has 0 amide bonds. The van der Waals surface area contributed by atoms with Crippen LogP contribution in [0, 0.1) is 18.3 Å². The Morgan fingerprint density at radius 1 is 1.19 bits per heavy atom. The number of halogens is 1. The molecule has 1 N–H and O–H groups in total. The average Bonchev–Trinajstić information content (AvgIpc) is 2.52. The van der Waals surface area contributed by atoms with E-state index in [1.807, 2.05) is 13.0 Å². The second kappa shape index (κ2) is 6.69. The second-order valence-corrected chi connectivity index (χ2v) is 4.70. The van der Waals surface area contributed by atoms with Gasteiger partial charge < -0.3 is 0 Å². The Balaban J connectivity index is 2.24. The Morgan fingerprint density at radius 2 is 1.90 bits per heavy atom. The molecule has 21 heavy (non-hydrogen) atoms. The minimum Gasteiger partial charge on any atom is -0.286 e. The maximum atomic E-state index is 12.1. The lowest BCUT2D eigenvalue weighted by atomic mass is 10.1. The molecular formula is C16H12ClN3O. The topological polar surface area (TPSA) is 65.2 Å². The molecule has 0 heterocycles. The number of ketones is 1. The molecule has 2 aromatic rings. The van der Waals surface area contributed by atoms with Crippen molar-refractivity contribution in [2.45, 2.75) is 6.92 Å². The zero-order valence-electron chi connectivity index (χ0n) is 11.3. The summed E-state index contributed by atoms with van der Waals surface area (Å²) in [5.41, 5.74) is 4.37. The van der Waals surface area contributed by atoms with Crippen molar-refractivity contribution in [2.24, 2.45) is 5.10 Å². The molecule has 5 heteroatoms. The van der Waals surface area contributed by atoms with Gasteiger partial charge in [-0.3, -0.25) is 10.2 Å². The van der Waals surface area contributed by atoms with Crippen molar-refractivity contribution in [1.82, 2.24) is 0 Å². The molecule has 0 atom stereocenters. The molecule has 0 fully saturated rings. The number of hydrazone groups is 1. The van der Waals surface area contributed by atoms with E-state index in [1.165, 1.54) is 0 Å². The number of carbonyl (C=O) groups excluding carboxylic acids is 1. The zero-order chi connectivity index (χ0) is 15.2. The number of rotatable bonds is 4. The smallest absolute Gasteiger partial charge is 0.223 e. The van der Waals surface area contributed by atoms with Gasteiger partial charge in [0.15, 0.2) is 0 Å². The summed E-state index contributed by atoms with van der Waals surface area (Å²) in [5, 5.41) is 13.6. The highest BCUT2D eigenvalue weighted by molar-refractivity contribution is 6.51. The van der Waals surface area contributed by atoms with Crippen molar-refractivity contribution in [3.8, 4) is 6.07 Å². The predicted molar refractivity (Wildman–Crippen MR) is 83.6 cm³/mol. The fourth-order valence-electron chi connectivity index (χ4n) is 1.70. The zero-order valence-corrected chi connectivity index (χ0v) is 12.1. The van der Waals surface area contributed by atoms with Crippen LogP contribution < -0.4 is 5.43 Å². The first kappa shape index (κ1) is 14.8. The summed E-state index contributed by atoms with van der Waals surface area (Å²) in [7, 11) is 0. The normalized spacial score (nSPS) is 10.8. The molecule has 0 unspecified atom stereocenters. The van der Waals surface area contributed by atoms with E-state index < -0.39 is 5.78 Å². The predicted octanol–water partition coefficient (Wildman–Crippen LogP) is 3.82. The van der Waals surface area contributed by atoms with E-state index in [4.69, 9.17) is 16.9 Å². The Kier molecular flexibility index (Phi) is 4.70. The first-order chi connectivity index (χ1) is 10.1. The van der Waals surface area contributed by atoms with Gasteiger partial charge in [0.2, 0.25) is 11.5 Å². The largest absolute Gasteiger partial charge is 0.286 e. The minimum atomic E-state index is -0.426. The fraction of sp³-hybridized carbons (Fsp3) is 0.0625. The van der Waals surface area contributed by atoms with Crippen LogP contribution in [0.4, 0.5) is 5.69 Å². The van der Waals surface area contributed by atoms with Crippen LogP contribution in [0.5, 0.6) is 0 Å². The van der Waals surface area contributed by atoms with Gasteiger partial charge >= 0.3 is 0 Å². The maximum absolute atomic E-state index is 12.1. The van der Waals surface area contributed by atoms with Gasteiger partial charge in [-0.1, -0.05) is 48.0 Å². The summed E-state index contributed by atoms with van der Waals surface area (Å²) in [5.74, 6) is -0.426.